The van der Waals surface area contributed by atoms with Crippen LogP contribution in [0.2, 0.25) is 0 Å². The monoisotopic (exact) mass is 293 g/mol. The zero-order valence-electron chi connectivity index (χ0n) is 12.8. The van der Waals surface area contributed by atoms with Crippen LogP contribution in [0.4, 0.5) is 0 Å². The van der Waals surface area contributed by atoms with Crippen LogP contribution in [0.5, 0.6) is 5.75 Å². The van der Waals surface area contributed by atoms with Crippen LogP contribution in [0.15, 0.2) is 24.3 Å². The number of aliphatic hydroxyl groups is 1. The molecule has 0 heterocycles. The van der Waals surface area contributed by atoms with Crippen LogP contribution < -0.4 is 5.32 Å². The minimum absolute atomic E-state index is 0.272. The molecule has 1 aliphatic rings. The van der Waals surface area contributed by atoms with Gasteiger partial charge in [-0.2, -0.15) is 0 Å². The number of benzene rings is 1. The first kappa shape index (κ1) is 16.3. The SMILES string of the molecule is CC1CCCC(OCC(O)CNCc2ccc(O)cc2)C1. The van der Waals surface area contributed by atoms with Gasteiger partial charge < -0.3 is 20.3 Å². The molecule has 2 rings (SSSR count). The van der Waals surface area contributed by atoms with Gasteiger partial charge in [0.15, 0.2) is 0 Å². The summed E-state index contributed by atoms with van der Waals surface area (Å²) in [7, 11) is 0. The van der Waals surface area contributed by atoms with E-state index in [0.717, 1.165) is 24.3 Å². The highest BCUT2D eigenvalue weighted by Crippen LogP contribution is 2.25. The van der Waals surface area contributed by atoms with Crippen LogP contribution in [0, 0.1) is 5.92 Å². The predicted molar refractivity (Wildman–Crippen MR) is 83.2 cm³/mol. The third-order valence-corrected chi connectivity index (χ3v) is 4.06. The minimum atomic E-state index is -0.473. The van der Waals surface area contributed by atoms with Crippen molar-refractivity contribution in [1.29, 1.82) is 0 Å². The van der Waals surface area contributed by atoms with E-state index in [0.29, 0.717) is 25.8 Å². The van der Waals surface area contributed by atoms with E-state index in [1.165, 1.54) is 12.8 Å². The molecule has 21 heavy (non-hydrogen) atoms. The van der Waals surface area contributed by atoms with E-state index in [9.17, 15) is 10.2 Å². The Balaban J connectivity index is 1.59. The summed E-state index contributed by atoms with van der Waals surface area (Å²) in [6.07, 6.45) is 4.63. The molecule has 4 nitrogen and oxygen atoms in total. The fourth-order valence-corrected chi connectivity index (χ4v) is 2.83. The van der Waals surface area contributed by atoms with Crippen LogP contribution in [-0.4, -0.2) is 35.6 Å². The molecular formula is C17H27NO3. The van der Waals surface area contributed by atoms with Crippen molar-refractivity contribution in [3.63, 3.8) is 0 Å². The molecule has 4 heteroatoms. The number of phenols is 1. The first-order chi connectivity index (χ1) is 10.1. The van der Waals surface area contributed by atoms with E-state index in [2.05, 4.69) is 12.2 Å². The second-order valence-corrected chi connectivity index (χ2v) is 6.18. The lowest BCUT2D eigenvalue weighted by Gasteiger charge is -2.27. The van der Waals surface area contributed by atoms with Gasteiger partial charge in [0, 0.05) is 13.1 Å². The zero-order valence-corrected chi connectivity index (χ0v) is 12.8. The summed E-state index contributed by atoms with van der Waals surface area (Å²) < 4.78 is 5.81. The van der Waals surface area contributed by atoms with Crippen LogP contribution in [0.25, 0.3) is 0 Å². The van der Waals surface area contributed by atoms with Gasteiger partial charge in [-0.05, 0) is 36.5 Å². The maximum absolute atomic E-state index is 9.94. The zero-order chi connectivity index (χ0) is 15.1. The Morgan fingerprint density at radius 1 is 1.29 bits per heavy atom. The summed E-state index contributed by atoms with van der Waals surface area (Å²) in [6.45, 7) is 3.87. The summed E-state index contributed by atoms with van der Waals surface area (Å²) in [5.74, 6) is 1.02. The molecule has 118 valence electrons. The third-order valence-electron chi connectivity index (χ3n) is 4.06. The normalized spacial score (nSPS) is 23.9. The number of phenolic OH excluding ortho intramolecular Hbond substituents is 1. The van der Waals surface area contributed by atoms with Crippen molar-refractivity contribution in [3.8, 4) is 5.75 Å². The van der Waals surface area contributed by atoms with Crippen molar-refractivity contribution in [3.05, 3.63) is 29.8 Å². The van der Waals surface area contributed by atoms with Gasteiger partial charge >= 0.3 is 0 Å². The Bertz CT molecular complexity index is 407. The van der Waals surface area contributed by atoms with Crippen LogP contribution in [0.3, 0.4) is 0 Å². The number of nitrogens with one attached hydrogen (secondary N) is 1. The standard InChI is InChI=1S/C17H27NO3/c1-13-3-2-4-17(9-13)21-12-16(20)11-18-10-14-5-7-15(19)8-6-14/h5-8,13,16-20H,2-4,9-12H2,1H3. The fraction of sp³-hybridized carbons (Fsp3) is 0.647. The number of aliphatic hydroxyl groups excluding tert-OH is 1. The molecule has 0 amide bonds. The molecule has 1 aromatic rings. The Morgan fingerprint density at radius 3 is 2.76 bits per heavy atom. The van der Waals surface area contributed by atoms with Crippen LogP contribution >= 0.6 is 0 Å². The second kappa shape index (κ2) is 8.37. The quantitative estimate of drug-likeness (QED) is 0.722. The molecule has 0 bridgehead atoms. The first-order valence-corrected chi connectivity index (χ1v) is 7.92. The highest BCUT2D eigenvalue weighted by molar-refractivity contribution is 5.25. The number of ether oxygens (including phenoxy) is 1. The van der Waals surface area contributed by atoms with Gasteiger partial charge in [-0.1, -0.05) is 31.9 Å². The smallest absolute Gasteiger partial charge is 0.115 e. The molecule has 0 radical (unpaired) electrons. The number of rotatable bonds is 7. The Labute approximate surface area is 127 Å². The summed E-state index contributed by atoms with van der Waals surface area (Å²) >= 11 is 0. The van der Waals surface area contributed by atoms with Gasteiger partial charge in [0.05, 0.1) is 18.8 Å². The molecule has 1 fully saturated rings. The molecule has 0 saturated heterocycles. The van der Waals surface area contributed by atoms with Gasteiger partial charge in [0.25, 0.3) is 0 Å². The number of hydrogen-bond acceptors (Lipinski definition) is 4. The molecule has 0 spiro atoms. The molecule has 3 N–H and O–H groups in total. The summed E-state index contributed by atoms with van der Waals surface area (Å²) in [5, 5.41) is 22.4. The maximum atomic E-state index is 9.94. The molecule has 3 unspecified atom stereocenters. The highest BCUT2D eigenvalue weighted by Gasteiger charge is 2.20. The highest BCUT2D eigenvalue weighted by atomic mass is 16.5. The molecule has 1 saturated carbocycles. The van der Waals surface area contributed by atoms with E-state index in [1.54, 1.807) is 12.1 Å². The maximum Gasteiger partial charge on any atom is 0.115 e. The molecular weight excluding hydrogens is 266 g/mol. The van der Waals surface area contributed by atoms with Gasteiger partial charge in [0.1, 0.15) is 5.75 Å². The summed E-state index contributed by atoms with van der Waals surface area (Å²) in [4.78, 5) is 0. The van der Waals surface area contributed by atoms with Crippen molar-refractivity contribution < 1.29 is 14.9 Å². The summed E-state index contributed by atoms with van der Waals surface area (Å²) in [5.41, 5.74) is 1.09. The number of aromatic hydroxyl groups is 1. The predicted octanol–water partition coefficient (Wildman–Crippen LogP) is 2.44. The Hall–Kier alpha value is -1.10. The lowest BCUT2D eigenvalue weighted by atomic mass is 9.89. The lowest BCUT2D eigenvalue weighted by Crippen LogP contribution is -2.33. The van der Waals surface area contributed by atoms with E-state index >= 15 is 0 Å². The average molecular weight is 293 g/mol. The number of hydrogen-bond donors (Lipinski definition) is 3. The Morgan fingerprint density at radius 2 is 2.05 bits per heavy atom. The van der Waals surface area contributed by atoms with Crippen molar-refractivity contribution in [2.24, 2.45) is 5.92 Å². The van der Waals surface area contributed by atoms with E-state index < -0.39 is 6.10 Å². The van der Waals surface area contributed by atoms with Crippen molar-refractivity contribution in [2.75, 3.05) is 13.2 Å². The topological polar surface area (TPSA) is 61.7 Å². The average Bonchev–Trinajstić information content (AvgIpc) is 2.47. The largest absolute Gasteiger partial charge is 0.508 e. The molecule has 1 aliphatic carbocycles. The molecule has 1 aromatic carbocycles. The van der Waals surface area contributed by atoms with Gasteiger partial charge in [-0.25, -0.2) is 0 Å². The second-order valence-electron chi connectivity index (χ2n) is 6.18. The minimum Gasteiger partial charge on any atom is -0.508 e. The summed E-state index contributed by atoms with van der Waals surface area (Å²) in [6, 6.07) is 7.07. The molecule has 3 atom stereocenters. The van der Waals surface area contributed by atoms with Gasteiger partial charge in [-0.3, -0.25) is 0 Å². The van der Waals surface area contributed by atoms with Gasteiger partial charge in [0.2, 0.25) is 0 Å². The van der Waals surface area contributed by atoms with Gasteiger partial charge in [-0.15, -0.1) is 0 Å². The fourth-order valence-electron chi connectivity index (χ4n) is 2.83. The van der Waals surface area contributed by atoms with E-state index in [1.807, 2.05) is 12.1 Å². The van der Waals surface area contributed by atoms with Crippen molar-refractivity contribution in [2.45, 2.75) is 51.4 Å². The van der Waals surface area contributed by atoms with Crippen LogP contribution in [0.1, 0.15) is 38.2 Å². The molecule has 0 aliphatic heterocycles. The third kappa shape index (κ3) is 6.04. The van der Waals surface area contributed by atoms with Crippen molar-refractivity contribution in [1.82, 2.24) is 5.32 Å². The lowest BCUT2D eigenvalue weighted by molar-refractivity contribution is -0.0306. The van der Waals surface area contributed by atoms with Crippen molar-refractivity contribution >= 4 is 0 Å². The Kier molecular flexibility index (Phi) is 6.49. The molecule has 0 aromatic heterocycles. The van der Waals surface area contributed by atoms with E-state index in [4.69, 9.17) is 4.74 Å². The van der Waals surface area contributed by atoms with Crippen LogP contribution in [-0.2, 0) is 11.3 Å². The first-order valence-electron chi connectivity index (χ1n) is 7.92. The van der Waals surface area contributed by atoms with E-state index in [-0.39, 0.29) is 5.75 Å².